The lowest BCUT2D eigenvalue weighted by molar-refractivity contribution is -0.121. The summed E-state index contributed by atoms with van der Waals surface area (Å²) in [7, 11) is 0. The fourth-order valence-corrected chi connectivity index (χ4v) is 2.86. The molecule has 1 heterocycles. The smallest absolute Gasteiger partial charge is 0.273 e. The van der Waals surface area contributed by atoms with Gasteiger partial charge in [-0.25, -0.2) is 0 Å². The summed E-state index contributed by atoms with van der Waals surface area (Å²) < 4.78 is 0.738. The molecule has 4 nitrogen and oxygen atoms in total. The van der Waals surface area contributed by atoms with E-state index in [1.165, 1.54) is 11.3 Å². The normalized spacial score (nSPS) is 10.1. The number of rotatable bonds is 6. The second-order valence-corrected chi connectivity index (χ2v) is 5.68. The summed E-state index contributed by atoms with van der Waals surface area (Å²) in [6.07, 6.45) is 4.64. The molecule has 0 aliphatic rings. The summed E-state index contributed by atoms with van der Waals surface area (Å²) in [6, 6.07) is 1.80. The minimum absolute atomic E-state index is 0.146. The molecule has 1 aromatic heterocycles. The van der Waals surface area contributed by atoms with Crippen molar-refractivity contribution in [1.82, 2.24) is 10.9 Å². The van der Waals surface area contributed by atoms with Crippen molar-refractivity contribution in [2.45, 2.75) is 39.0 Å². The number of halogens is 1. The summed E-state index contributed by atoms with van der Waals surface area (Å²) in [5.74, 6) is -0.439. The lowest BCUT2D eigenvalue weighted by Gasteiger charge is -2.06. The minimum atomic E-state index is -0.293. The Balaban J connectivity index is 2.22. The molecule has 18 heavy (non-hydrogen) atoms. The van der Waals surface area contributed by atoms with Gasteiger partial charge in [0, 0.05) is 10.9 Å². The van der Waals surface area contributed by atoms with Crippen LogP contribution < -0.4 is 10.9 Å². The summed E-state index contributed by atoms with van der Waals surface area (Å²) in [4.78, 5) is 23.6. The molecule has 2 N–H and O–H groups in total. The molecule has 0 saturated carbocycles. The number of amides is 2. The second kappa shape index (κ2) is 8.26. The molecule has 0 fully saturated rings. The highest BCUT2D eigenvalue weighted by Gasteiger charge is 2.11. The highest BCUT2D eigenvalue weighted by atomic mass is 79.9. The third kappa shape index (κ3) is 5.18. The summed E-state index contributed by atoms with van der Waals surface area (Å²) >= 11 is 4.59. The van der Waals surface area contributed by atoms with Gasteiger partial charge in [-0.3, -0.25) is 20.4 Å². The van der Waals surface area contributed by atoms with Crippen LogP contribution in [0.25, 0.3) is 0 Å². The van der Waals surface area contributed by atoms with E-state index in [1.807, 2.05) is 5.38 Å². The number of carbonyl (C=O) groups is 2. The topological polar surface area (TPSA) is 58.2 Å². The first-order chi connectivity index (χ1) is 8.65. The molecular weight excluding hydrogens is 316 g/mol. The van der Waals surface area contributed by atoms with Gasteiger partial charge in [0.25, 0.3) is 5.91 Å². The molecule has 1 rings (SSSR count). The van der Waals surface area contributed by atoms with Crippen LogP contribution in [0.4, 0.5) is 0 Å². The number of hydrazine groups is 1. The molecule has 2 amide bonds. The zero-order chi connectivity index (χ0) is 13.4. The Kier molecular flexibility index (Phi) is 6.97. The first-order valence-corrected chi connectivity index (χ1v) is 7.64. The van der Waals surface area contributed by atoms with E-state index in [-0.39, 0.29) is 11.8 Å². The van der Waals surface area contributed by atoms with Crippen molar-refractivity contribution in [2.24, 2.45) is 0 Å². The van der Waals surface area contributed by atoms with Crippen LogP contribution in [-0.2, 0) is 4.79 Å². The molecule has 0 saturated heterocycles. The molecule has 0 aliphatic carbocycles. The summed E-state index contributed by atoms with van der Waals surface area (Å²) in [5, 5.41) is 1.81. The Morgan fingerprint density at radius 3 is 2.67 bits per heavy atom. The molecule has 6 heteroatoms. The molecule has 0 aromatic carbocycles. The highest BCUT2D eigenvalue weighted by molar-refractivity contribution is 9.10. The van der Waals surface area contributed by atoms with Gasteiger partial charge < -0.3 is 0 Å². The highest BCUT2D eigenvalue weighted by Crippen LogP contribution is 2.21. The van der Waals surface area contributed by atoms with Crippen LogP contribution in [0.1, 0.15) is 48.7 Å². The third-order valence-corrected chi connectivity index (χ3v) is 4.23. The number of hydrogen-bond acceptors (Lipinski definition) is 3. The SMILES string of the molecule is CCCCCCC(=O)NNC(=O)c1sccc1Br. The van der Waals surface area contributed by atoms with Crippen molar-refractivity contribution in [3.8, 4) is 0 Å². The number of nitrogens with one attached hydrogen (secondary N) is 2. The van der Waals surface area contributed by atoms with Crippen molar-refractivity contribution < 1.29 is 9.59 Å². The van der Waals surface area contributed by atoms with Gasteiger partial charge in [-0.05, 0) is 33.8 Å². The van der Waals surface area contributed by atoms with Crippen LogP contribution in [0.2, 0.25) is 0 Å². The Morgan fingerprint density at radius 1 is 1.28 bits per heavy atom. The van der Waals surface area contributed by atoms with Crippen molar-refractivity contribution in [2.75, 3.05) is 0 Å². The summed E-state index contributed by atoms with van der Waals surface area (Å²) in [5.41, 5.74) is 4.83. The summed E-state index contributed by atoms with van der Waals surface area (Å²) in [6.45, 7) is 2.12. The van der Waals surface area contributed by atoms with Crippen molar-refractivity contribution >= 4 is 39.1 Å². The van der Waals surface area contributed by atoms with Crippen molar-refractivity contribution in [3.63, 3.8) is 0 Å². The standard InChI is InChI=1S/C12H17BrN2O2S/c1-2-3-4-5-6-10(16)14-15-12(17)11-9(13)7-8-18-11/h7-8H,2-6H2,1H3,(H,14,16)(H,15,17). The van der Waals surface area contributed by atoms with Crippen LogP contribution >= 0.6 is 27.3 Å². The predicted octanol–water partition coefficient (Wildman–Crippen LogP) is 3.24. The lowest BCUT2D eigenvalue weighted by Crippen LogP contribution is -2.41. The molecule has 1 aromatic rings. The first kappa shape index (κ1) is 15.2. The Labute approximate surface area is 119 Å². The van der Waals surface area contributed by atoms with E-state index in [0.717, 1.165) is 30.2 Å². The lowest BCUT2D eigenvalue weighted by atomic mass is 10.1. The number of thiophene rings is 1. The molecule has 0 spiro atoms. The number of hydrogen-bond donors (Lipinski definition) is 2. The van der Waals surface area contributed by atoms with Gasteiger partial charge in [0.2, 0.25) is 5.91 Å². The first-order valence-electron chi connectivity index (χ1n) is 5.97. The second-order valence-electron chi connectivity index (χ2n) is 3.91. The zero-order valence-electron chi connectivity index (χ0n) is 10.3. The molecule has 0 bridgehead atoms. The van der Waals surface area contributed by atoms with E-state index < -0.39 is 0 Å². The van der Waals surface area contributed by atoms with E-state index in [0.29, 0.717) is 11.3 Å². The molecule has 0 radical (unpaired) electrons. The van der Waals surface area contributed by atoms with Crippen LogP contribution in [0.15, 0.2) is 15.9 Å². The van der Waals surface area contributed by atoms with Crippen LogP contribution in [0.5, 0.6) is 0 Å². The monoisotopic (exact) mass is 332 g/mol. The maximum atomic E-state index is 11.7. The Hall–Kier alpha value is -0.880. The van der Waals surface area contributed by atoms with E-state index in [4.69, 9.17) is 0 Å². The number of unbranched alkanes of at least 4 members (excludes halogenated alkanes) is 3. The van der Waals surface area contributed by atoms with Crippen LogP contribution in [-0.4, -0.2) is 11.8 Å². The van der Waals surface area contributed by atoms with Gasteiger partial charge in [0.05, 0.1) is 0 Å². The molecule has 100 valence electrons. The largest absolute Gasteiger partial charge is 0.280 e. The predicted molar refractivity (Wildman–Crippen MR) is 76.4 cm³/mol. The van der Waals surface area contributed by atoms with Gasteiger partial charge in [-0.1, -0.05) is 26.2 Å². The van der Waals surface area contributed by atoms with Crippen molar-refractivity contribution in [3.05, 3.63) is 20.8 Å². The van der Waals surface area contributed by atoms with Crippen LogP contribution in [0, 0.1) is 0 Å². The molecule has 0 unspecified atom stereocenters. The number of carbonyl (C=O) groups excluding carboxylic acids is 2. The van der Waals surface area contributed by atoms with E-state index in [1.54, 1.807) is 6.07 Å². The fourth-order valence-electron chi connectivity index (χ4n) is 1.41. The Bertz CT molecular complexity index is 407. The van der Waals surface area contributed by atoms with Gasteiger partial charge >= 0.3 is 0 Å². The quantitative estimate of drug-likeness (QED) is 0.620. The molecule has 0 atom stereocenters. The van der Waals surface area contributed by atoms with E-state index >= 15 is 0 Å². The van der Waals surface area contributed by atoms with Crippen molar-refractivity contribution in [1.29, 1.82) is 0 Å². The van der Waals surface area contributed by atoms with Gasteiger partial charge in [-0.2, -0.15) is 0 Å². The molecular formula is C12H17BrN2O2S. The Morgan fingerprint density at radius 2 is 2.06 bits per heavy atom. The van der Waals surface area contributed by atoms with Gasteiger partial charge in [0.15, 0.2) is 0 Å². The average Bonchev–Trinajstić information content (AvgIpc) is 2.78. The van der Waals surface area contributed by atoms with Crippen LogP contribution in [0.3, 0.4) is 0 Å². The van der Waals surface area contributed by atoms with Gasteiger partial charge in [-0.15, -0.1) is 11.3 Å². The fraction of sp³-hybridized carbons (Fsp3) is 0.500. The van der Waals surface area contributed by atoms with E-state index in [2.05, 4.69) is 33.7 Å². The third-order valence-electron chi connectivity index (χ3n) is 2.40. The maximum Gasteiger partial charge on any atom is 0.280 e. The average molecular weight is 333 g/mol. The molecule has 0 aliphatic heterocycles. The van der Waals surface area contributed by atoms with Gasteiger partial charge in [0.1, 0.15) is 4.88 Å². The zero-order valence-corrected chi connectivity index (χ0v) is 12.7. The maximum absolute atomic E-state index is 11.7. The van der Waals surface area contributed by atoms with E-state index in [9.17, 15) is 9.59 Å². The minimum Gasteiger partial charge on any atom is -0.273 e.